The highest BCUT2D eigenvalue weighted by Crippen LogP contribution is 2.22. The first kappa shape index (κ1) is 19.7. The molecular formula is C19H22N2O4S. The largest absolute Gasteiger partial charge is 0.469 e. The van der Waals surface area contributed by atoms with Crippen molar-refractivity contribution in [1.82, 2.24) is 10.6 Å². The Morgan fingerprint density at radius 1 is 1.08 bits per heavy atom. The molecule has 26 heavy (non-hydrogen) atoms. The number of benzene rings is 1. The predicted octanol–water partition coefficient (Wildman–Crippen LogP) is 2.22. The molecule has 2 N–H and O–H groups in total. The topological polar surface area (TPSA) is 84.5 Å². The lowest BCUT2D eigenvalue weighted by molar-refractivity contribution is -0.141. The van der Waals surface area contributed by atoms with Crippen LogP contribution in [0.3, 0.4) is 0 Å². The number of nitrogens with one attached hydrogen (secondary N) is 2. The Morgan fingerprint density at radius 3 is 2.50 bits per heavy atom. The van der Waals surface area contributed by atoms with E-state index in [2.05, 4.69) is 15.4 Å². The van der Waals surface area contributed by atoms with Gasteiger partial charge in [0.1, 0.15) is 0 Å². The smallest absolute Gasteiger partial charge is 0.307 e. The van der Waals surface area contributed by atoms with Gasteiger partial charge in [-0.2, -0.15) is 0 Å². The molecule has 0 fully saturated rings. The fourth-order valence-corrected chi connectivity index (χ4v) is 3.17. The van der Waals surface area contributed by atoms with Crippen LogP contribution in [0, 0.1) is 0 Å². The summed E-state index contributed by atoms with van der Waals surface area (Å²) in [6.45, 7) is 0.243. The van der Waals surface area contributed by atoms with Crippen molar-refractivity contribution in [1.29, 1.82) is 0 Å². The summed E-state index contributed by atoms with van der Waals surface area (Å²) in [5, 5.41) is 7.45. The third-order valence-electron chi connectivity index (χ3n) is 3.70. The Labute approximate surface area is 156 Å². The van der Waals surface area contributed by atoms with Crippen molar-refractivity contribution >= 4 is 29.1 Å². The van der Waals surface area contributed by atoms with Gasteiger partial charge in [-0.3, -0.25) is 14.4 Å². The zero-order chi connectivity index (χ0) is 18.8. The zero-order valence-corrected chi connectivity index (χ0v) is 15.4. The fourth-order valence-electron chi connectivity index (χ4n) is 2.39. The number of amides is 2. The molecule has 0 radical (unpaired) electrons. The molecule has 7 heteroatoms. The van der Waals surface area contributed by atoms with Crippen LogP contribution in [0.2, 0.25) is 0 Å². The van der Waals surface area contributed by atoms with Gasteiger partial charge in [-0.05, 0) is 17.0 Å². The number of hydrogen-bond acceptors (Lipinski definition) is 5. The Bertz CT molecular complexity index is 716. The number of methoxy groups -OCH3 is 1. The van der Waals surface area contributed by atoms with Crippen molar-refractivity contribution in [3.8, 4) is 0 Å². The van der Waals surface area contributed by atoms with E-state index in [0.717, 1.165) is 10.4 Å². The number of rotatable bonds is 9. The fraction of sp³-hybridized carbons (Fsp3) is 0.316. The predicted molar refractivity (Wildman–Crippen MR) is 99.6 cm³/mol. The van der Waals surface area contributed by atoms with Crippen molar-refractivity contribution in [3.63, 3.8) is 0 Å². The molecule has 0 bridgehead atoms. The number of carbonyl (C=O) groups excluding carboxylic acids is 3. The molecule has 0 saturated heterocycles. The maximum Gasteiger partial charge on any atom is 0.307 e. The number of thiophene rings is 1. The van der Waals surface area contributed by atoms with Crippen LogP contribution in [0.25, 0.3) is 0 Å². The molecule has 2 amide bonds. The molecule has 1 unspecified atom stereocenters. The van der Waals surface area contributed by atoms with Crippen LogP contribution in [-0.4, -0.2) is 31.4 Å². The van der Waals surface area contributed by atoms with Gasteiger partial charge in [-0.1, -0.05) is 36.4 Å². The molecule has 2 rings (SSSR count). The monoisotopic (exact) mass is 374 g/mol. The van der Waals surface area contributed by atoms with Crippen molar-refractivity contribution in [3.05, 3.63) is 58.3 Å². The van der Waals surface area contributed by atoms with E-state index in [1.807, 2.05) is 47.8 Å². The van der Waals surface area contributed by atoms with Crippen LogP contribution in [0.4, 0.5) is 0 Å². The lowest BCUT2D eigenvalue weighted by Crippen LogP contribution is -2.34. The molecule has 6 nitrogen and oxygen atoms in total. The summed E-state index contributed by atoms with van der Waals surface area (Å²) in [7, 11) is 1.32. The molecule has 138 valence electrons. The quantitative estimate of drug-likeness (QED) is 0.659. The SMILES string of the molecule is COC(=O)CC(NC(=O)CCNC(=O)Cc1ccccc1)c1cccs1. The lowest BCUT2D eigenvalue weighted by atomic mass is 10.1. The minimum absolute atomic E-state index is 0.0725. The minimum Gasteiger partial charge on any atom is -0.469 e. The van der Waals surface area contributed by atoms with E-state index >= 15 is 0 Å². The minimum atomic E-state index is -0.421. The average Bonchev–Trinajstić information content (AvgIpc) is 3.16. The first-order chi connectivity index (χ1) is 12.6. The van der Waals surface area contributed by atoms with Crippen LogP contribution in [0.1, 0.15) is 29.3 Å². The summed E-state index contributed by atoms with van der Waals surface area (Å²) in [5.41, 5.74) is 0.922. The molecule has 1 atom stereocenters. The summed E-state index contributed by atoms with van der Waals surface area (Å²) in [5.74, 6) is -0.749. The highest BCUT2D eigenvalue weighted by atomic mass is 32.1. The van der Waals surface area contributed by atoms with Crippen LogP contribution in [0.15, 0.2) is 47.8 Å². The van der Waals surface area contributed by atoms with E-state index in [0.29, 0.717) is 0 Å². The summed E-state index contributed by atoms with van der Waals surface area (Å²) in [6, 6.07) is 12.7. The molecule has 0 aliphatic carbocycles. The van der Waals surface area contributed by atoms with Gasteiger partial charge >= 0.3 is 5.97 Å². The standard InChI is InChI=1S/C19H22N2O4S/c1-25-19(24)13-15(16-8-5-11-26-16)21-17(22)9-10-20-18(23)12-14-6-3-2-4-7-14/h2-8,11,15H,9-10,12-13H2,1H3,(H,20,23)(H,21,22). The summed E-state index contributed by atoms with van der Waals surface area (Å²) in [4.78, 5) is 36.5. The van der Waals surface area contributed by atoms with Crippen LogP contribution in [0.5, 0.6) is 0 Å². The first-order valence-corrected chi connectivity index (χ1v) is 9.16. The van der Waals surface area contributed by atoms with E-state index in [4.69, 9.17) is 0 Å². The molecule has 0 spiro atoms. The van der Waals surface area contributed by atoms with Crippen molar-refractivity contribution in [2.45, 2.75) is 25.3 Å². The second-order valence-corrected chi connectivity index (χ2v) is 6.66. The third-order valence-corrected chi connectivity index (χ3v) is 4.69. The van der Waals surface area contributed by atoms with Gasteiger partial charge in [-0.25, -0.2) is 0 Å². The van der Waals surface area contributed by atoms with Gasteiger partial charge in [0, 0.05) is 17.8 Å². The third kappa shape index (κ3) is 6.68. The molecule has 2 aromatic rings. The molecule has 0 aliphatic rings. The Hall–Kier alpha value is -2.67. The summed E-state index contributed by atoms with van der Waals surface area (Å²) < 4.78 is 4.69. The van der Waals surface area contributed by atoms with Crippen LogP contribution in [-0.2, 0) is 25.5 Å². The molecule has 0 saturated carbocycles. The van der Waals surface area contributed by atoms with E-state index in [1.165, 1.54) is 18.4 Å². The Morgan fingerprint density at radius 2 is 1.85 bits per heavy atom. The normalized spacial score (nSPS) is 11.4. The van der Waals surface area contributed by atoms with Gasteiger partial charge in [-0.15, -0.1) is 11.3 Å². The average molecular weight is 374 g/mol. The Balaban J connectivity index is 1.77. The summed E-state index contributed by atoms with van der Waals surface area (Å²) >= 11 is 1.46. The highest BCUT2D eigenvalue weighted by Gasteiger charge is 2.19. The molecular weight excluding hydrogens is 352 g/mol. The number of ether oxygens (including phenoxy) is 1. The van der Waals surface area contributed by atoms with E-state index in [1.54, 1.807) is 0 Å². The summed E-state index contributed by atoms with van der Waals surface area (Å²) in [6.07, 6.45) is 0.495. The lowest BCUT2D eigenvalue weighted by Gasteiger charge is -2.16. The van der Waals surface area contributed by atoms with Gasteiger partial charge in [0.25, 0.3) is 0 Å². The van der Waals surface area contributed by atoms with Gasteiger partial charge in [0.2, 0.25) is 11.8 Å². The van der Waals surface area contributed by atoms with Gasteiger partial charge in [0.05, 0.1) is 26.0 Å². The van der Waals surface area contributed by atoms with E-state index < -0.39 is 6.04 Å². The zero-order valence-electron chi connectivity index (χ0n) is 14.6. The van der Waals surface area contributed by atoms with Crippen molar-refractivity contribution < 1.29 is 19.1 Å². The van der Waals surface area contributed by atoms with Crippen LogP contribution < -0.4 is 10.6 Å². The number of carbonyl (C=O) groups is 3. The molecule has 1 aromatic heterocycles. The number of hydrogen-bond donors (Lipinski definition) is 2. The maximum atomic E-state index is 12.1. The second kappa shape index (κ2) is 10.4. The molecule has 1 heterocycles. The number of esters is 1. The van der Waals surface area contributed by atoms with E-state index in [9.17, 15) is 14.4 Å². The van der Waals surface area contributed by atoms with Crippen molar-refractivity contribution in [2.24, 2.45) is 0 Å². The van der Waals surface area contributed by atoms with E-state index in [-0.39, 0.29) is 43.6 Å². The Kier molecular flexibility index (Phi) is 7.82. The van der Waals surface area contributed by atoms with Crippen LogP contribution >= 0.6 is 11.3 Å². The first-order valence-electron chi connectivity index (χ1n) is 8.28. The molecule has 0 aliphatic heterocycles. The van der Waals surface area contributed by atoms with Gasteiger partial charge in [0.15, 0.2) is 0 Å². The highest BCUT2D eigenvalue weighted by molar-refractivity contribution is 7.10. The molecule has 1 aromatic carbocycles. The maximum absolute atomic E-state index is 12.1. The second-order valence-electron chi connectivity index (χ2n) is 5.68. The van der Waals surface area contributed by atoms with Gasteiger partial charge < -0.3 is 15.4 Å². The van der Waals surface area contributed by atoms with Crippen molar-refractivity contribution in [2.75, 3.05) is 13.7 Å².